The molecule has 1 fully saturated rings. The van der Waals surface area contributed by atoms with Crippen LogP contribution in [0.25, 0.3) is 6.08 Å². The summed E-state index contributed by atoms with van der Waals surface area (Å²) in [4.78, 5) is 60.5. The van der Waals surface area contributed by atoms with Crippen molar-refractivity contribution in [1.29, 1.82) is 0 Å². The molecule has 0 atom stereocenters. The fourth-order valence-electron chi connectivity index (χ4n) is 3.32. The van der Waals surface area contributed by atoms with Crippen LogP contribution in [0, 0.1) is 15.9 Å². The van der Waals surface area contributed by atoms with Crippen molar-refractivity contribution in [3.05, 3.63) is 99.9 Å². The van der Waals surface area contributed by atoms with E-state index < -0.39 is 34.5 Å². The zero-order valence-electron chi connectivity index (χ0n) is 18.8. The number of nitro groups is 1. The van der Waals surface area contributed by atoms with E-state index in [4.69, 9.17) is 4.74 Å². The van der Waals surface area contributed by atoms with Gasteiger partial charge in [0, 0.05) is 17.8 Å². The first-order valence-corrected chi connectivity index (χ1v) is 10.7. The van der Waals surface area contributed by atoms with Gasteiger partial charge in [0.25, 0.3) is 23.4 Å². The lowest BCUT2D eigenvalue weighted by atomic mass is 10.1. The number of halogens is 1. The van der Waals surface area contributed by atoms with Gasteiger partial charge in [-0.1, -0.05) is 12.1 Å². The highest BCUT2D eigenvalue weighted by atomic mass is 19.1. The Labute approximate surface area is 208 Å². The third-order valence-electron chi connectivity index (χ3n) is 5.11. The van der Waals surface area contributed by atoms with Gasteiger partial charge in [-0.3, -0.25) is 29.8 Å². The first-order chi connectivity index (χ1) is 17.7. The Morgan fingerprint density at radius 2 is 1.65 bits per heavy atom. The van der Waals surface area contributed by atoms with Crippen molar-refractivity contribution in [2.45, 2.75) is 0 Å². The molecule has 37 heavy (non-hydrogen) atoms. The van der Waals surface area contributed by atoms with Crippen molar-refractivity contribution in [2.75, 3.05) is 16.8 Å². The summed E-state index contributed by atoms with van der Waals surface area (Å²) in [7, 11) is 0. The second kappa shape index (κ2) is 10.5. The summed E-state index contributed by atoms with van der Waals surface area (Å²) in [6.07, 6.45) is 1.27. The summed E-state index contributed by atoms with van der Waals surface area (Å²) in [6.45, 7) is -0.314. The molecule has 0 radical (unpaired) electrons. The number of carbonyl (C=O) groups is 4. The van der Waals surface area contributed by atoms with E-state index in [0.29, 0.717) is 21.9 Å². The Bertz CT molecular complexity index is 1420. The lowest BCUT2D eigenvalue weighted by Gasteiger charge is -2.26. The highest BCUT2D eigenvalue weighted by Crippen LogP contribution is 2.24. The van der Waals surface area contributed by atoms with Crippen LogP contribution in [0.2, 0.25) is 0 Å². The number of ether oxygens (including phenoxy) is 1. The average Bonchev–Trinajstić information content (AvgIpc) is 2.87. The van der Waals surface area contributed by atoms with Gasteiger partial charge >= 0.3 is 6.03 Å². The van der Waals surface area contributed by atoms with Crippen LogP contribution in [0.4, 0.5) is 26.2 Å². The van der Waals surface area contributed by atoms with E-state index in [1.54, 1.807) is 0 Å². The first kappa shape index (κ1) is 24.7. The van der Waals surface area contributed by atoms with Crippen molar-refractivity contribution in [3.8, 4) is 5.75 Å². The number of nitrogens with one attached hydrogen (secondary N) is 2. The van der Waals surface area contributed by atoms with Gasteiger partial charge in [0.2, 0.25) is 0 Å². The van der Waals surface area contributed by atoms with Crippen LogP contribution < -0.4 is 20.3 Å². The number of imide groups is 2. The molecule has 3 aromatic carbocycles. The van der Waals surface area contributed by atoms with Crippen LogP contribution >= 0.6 is 0 Å². The molecule has 5 amide bonds. The molecule has 0 aromatic heterocycles. The summed E-state index contributed by atoms with van der Waals surface area (Å²) in [6, 6.07) is 15.1. The number of nitrogens with zero attached hydrogens (tertiary/aromatic N) is 2. The van der Waals surface area contributed by atoms with Gasteiger partial charge in [-0.25, -0.2) is 14.1 Å². The van der Waals surface area contributed by atoms with E-state index in [-0.39, 0.29) is 23.6 Å². The monoisotopic (exact) mass is 504 g/mol. The number of rotatable bonds is 7. The Kier molecular flexibility index (Phi) is 7.00. The zero-order valence-corrected chi connectivity index (χ0v) is 18.8. The number of barbiturate groups is 1. The summed E-state index contributed by atoms with van der Waals surface area (Å²) in [5, 5.41) is 15.5. The van der Waals surface area contributed by atoms with Crippen molar-refractivity contribution < 1.29 is 33.2 Å². The number of hydrogen-bond donors (Lipinski definition) is 2. The highest BCUT2D eigenvalue weighted by molar-refractivity contribution is 6.39. The van der Waals surface area contributed by atoms with Gasteiger partial charge in [-0.15, -0.1) is 0 Å². The second-order valence-electron chi connectivity index (χ2n) is 7.64. The predicted molar refractivity (Wildman–Crippen MR) is 129 cm³/mol. The Hall–Kier alpha value is -5.39. The average molecular weight is 504 g/mol. The van der Waals surface area contributed by atoms with E-state index in [1.165, 1.54) is 66.7 Å². The third kappa shape index (κ3) is 5.82. The molecule has 1 heterocycles. The SMILES string of the molecule is O=C(COc1ccc(/C=C2/C(=O)NC(=O)N(c3ccc([N+](=O)[O-])cc3)C2=O)cc1)Nc1ccc(F)cc1. The van der Waals surface area contributed by atoms with Crippen molar-refractivity contribution in [1.82, 2.24) is 5.32 Å². The third-order valence-corrected chi connectivity index (χ3v) is 5.11. The number of nitro benzene ring substituents is 1. The Morgan fingerprint density at radius 1 is 1.00 bits per heavy atom. The molecule has 0 spiro atoms. The van der Waals surface area contributed by atoms with Gasteiger partial charge in [0.1, 0.15) is 17.1 Å². The van der Waals surface area contributed by atoms with Gasteiger partial charge in [-0.2, -0.15) is 0 Å². The number of carbonyl (C=O) groups excluding carboxylic acids is 4. The molecule has 186 valence electrons. The summed E-state index contributed by atoms with van der Waals surface area (Å²) in [5.41, 5.74) is 0.337. The number of non-ortho nitro benzene ring substituents is 1. The maximum absolute atomic E-state index is 12.9. The Morgan fingerprint density at radius 3 is 2.27 bits per heavy atom. The quantitative estimate of drug-likeness (QED) is 0.217. The van der Waals surface area contributed by atoms with Crippen LogP contribution in [0.5, 0.6) is 5.75 Å². The van der Waals surface area contributed by atoms with E-state index >= 15 is 0 Å². The number of amides is 5. The normalized spacial score (nSPS) is 14.4. The van der Waals surface area contributed by atoms with Crippen LogP contribution in [0.1, 0.15) is 5.56 Å². The molecule has 11 nitrogen and oxygen atoms in total. The number of urea groups is 1. The molecule has 1 aliphatic heterocycles. The van der Waals surface area contributed by atoms with E-state index in [9.17, 15) is 33.7 Å². The van der Waals surface area contributed by atoms with E-state index in [1.807, 2.05) is 0 Å². The van der Waals surface area contributed by atoms with Gasteiger partial charge < -0.3 is 10.1 Å². The standard InChI is InChI=1S/C25H17FN4O7/c26-16-3-5-17(6-4-16)27-22(31)14-37-20-11-1-15(2-12-20)13-21-23(32)28-25(34)29(24(21)33)18-7-9-19(10-8-18)30(35)36/h1-13H,14H2,(H,27,31)(H,28,32,34)/b21-13-. The fourth-order valence-corrected chi connectivity index (χ4v) is 3.32. The molecule has 3 aromatic rings. The molecule has 12 heteroatoms. The van der Waals surface area contributed by atoms with E-state index in [0.717, 1.165) is 12.1 Å². The van der Waals surface area contributed by atoms with Crippen LogP contribution in [-0.2, 0) is 14.4 Å². The lowest BCUT2D eigenvalue weighted by Crippen LogP contribution is -2.54. The zero-order chi connectivity index (χ0) is 26.5. The van der Waals surface area contributed by atoms with Crippen molar-refractivity contribution >= 4 is 46.9 Å². The minimum absolute atomic E-state index is 0.0501. The van der Waals surface area contributed by atoms with Crippen LogP contribution in [0.3, 0.4) is 0 Å². The Balaban J connectivity index is 1.43. The number of hydrogen-bond acceptors (Lipinski definition) is 7. The lowest BCUT2D eigenvalue weighted by molar-refractivity contribution is -0.384. The van der Waals surface area contributed by atoms with Crippen molar-refractivity contribution in [2.24, 2.45) is 0 Å². The maximum Gasteiger partial charge on any atom is 0.335 e. The van der Waals surface area contributed by atoms with Gasteiger partial charge in [0.15, 0.2) is 6.61 Å². The molecule has 1 saturated heterocycles. The topological polar surface area (TPSA) is 148 Å². The molecule has 0 aliphatic carbocycles. The largest absolute Gasteiger partial charge is 0.484 e. The number of anilines is 2. The minimum atomic E-state index is -0.983. The van der Waals surface area contributed by atoms with Crippen molar-refractivity contribution in [3.63, 3.8) is 0 Å². The van der Waals surface area contributed by atoms with Crippen LogP contribution in [-0.4, -0.2) is 35.3 Å². The molecule has 0 unspecified atom stereocenters. The summed E-state index contributed by atoms with van der Waals surface area (Å²) < 4.78 is 18.4. The molecule has 2 N–H and O–H groups in total. The number of benzene rings is 3. The molecule has 0 saturated carbocycles. The highest BCUT2D eigenvalue weighted by Gasteiger charge is 2.36. The second-order valence-corrected chi connectivity index (χ2v) is 7.64. The molecule has 4 rings (SSSR count). The molecular weight excluding hydrogens is 487 g/mol. The smallest absolute Gasteiger partial charge is 0.335 e. The van der Waals surface area contributed by atoms with E-state index in [2.05, 4.69) is 10.6 Å². The molecule has 1 aliphatic rings. The van der Waals surface area contributed by atoms with Gasteiger partial charge in [0.05, 0.1) is 10.6 Å². The van der Waals surface area contributed by atoms with Crippen LogP contribution in [0.15, 0.2) is 78.4 Å². The summed E-state index contributed by atoms with van der Waals surface area (Å²) in [5.74, 6) is -2.36. The maximum atomic E-state index is 12.9. The van der Waals surface area contributed by atoms with Gasteiger partial charge in [-0.05, 0) is 60.2 Å². The predicted octanol–water partition coefficient (Wildman–Crippen LogP) is 3.42. The fraction of sp³-hybridized carbons (Fsp3) is 0.0400. The minimum Gasteiger partial charge on any atom is -0.484 e. The molecular formula is C25H17FN4O7. The summed E-state index contributed by atoms with van der Waals surface area (Å²) >= 11 is 0. The molecule has 0 bridgehead atoms. The first-order valence-electron chi connectivity index (χ1n) is 10.7.